The Morgan fingerprint density at radius 3 is 2.48 bits per heavy atom. The van der Waals surface area contributed by atoms with Crippen LogP contribution in [0, 0.1) is 24.0 Å². The Labute approximate surface area is 126 Å². The van der Waals surface area contributed by atoms with Gasteiger partial charge in [-0.25, -0.2) is 0 Å². The summed E-state index contributed by atoms with van der Waals surface area (Å²) in [6, 6.07) is 7.59. The lowest BCUT2D eigenvalue weighted by Crippen LogP contribution is -2.03. The quantitative estimate of drug-likeness (QED) is 0.502. The van der Waals surface area contributed by atoms with Gasteiger partial charge in [-0.05, 0) is 19.4 Å². The number of rotatable bonds is 6. The molecular formula is C15H16N2O3S. The molecule has 2 aromatic rings. The molecule has 21 heavy (non-hydrogen) atoms. The van der Waals surface area contributed by atoms with Gasteiger partial charge in [-0.15, -0.1) is 11.8 Å². The number of H-pyrrole nitrogens is 1. The van der Waals surface area contributed by atoms with Gasteiger partial charge in [0.2, 0.25) is 0 Å². The van der Waals surface area contributed by atoms with Crippen molar-refractivity contribution in [3.63, 3.8) is 0 Å². The van der Waals surface area contributed by atoms with Gasteiger partial charge in [0, 0.05) is 11.8 Å². The molecule has 0 aliphatic heterocycles. The fourth-order valence-electron chi connectivity index (χ4n) is 2.14. The van der Waals surface area contributed by atoms with Crippen LogP contribution in [0.1, 0.15) is 27.2 Å². The van der Waals surface area contributed by atoms with Crippen molar-refractivity contribution in [1.29, 1.82) is 0 Å². The first-order valence-electron chi connectivity index (χ1n) is 6.46. The van der Waals surface area contributed by atoms with Crippen molar-refractivity contribution in [2.75, 3.05) is 5.75 Å². The highest BCUT2D eigenvalue weighted by atomic mass is 32.2. The van der Waals surface area contributed by atoms with Crippen molar-refractivity contribution in [2.24, 2.45) is 0 Å². The van der Waals surface area contributed by atoms with E-state index in [1.807, 2.05) is 13.8 Å². The minimum absolute atomic E-state index is 0.0855. The number of nitrogens with zero attached hydrogens (tertiary/aromatic N) is 1. The van der Waals surface area contributed by atoms with Crippen LogP contribution < -0.4 is 0 Å². The second-order valence-electron chi connectivity index (χ2n) is 4.94. The summed E-state index contributed by atoms with van der Waals surface area (Å²) in [5, 5.41) is 10.6. The monoisotopic (exact) mass is 304 g/mol. The standard InChI is InChI=1S/C15H16N2O3S/c1-10-3-11(2)5-12(4-10)8-21-9-15(18)14-6-13(7-16-14)17(19)20/h3-7,16H,8-9H2,1-2H3. The first-order chi connectivity index (χ1) is 9.95. The van der Waals surface area contributed by atoms with Crippen LogP contribution in [-0.2, 0) is 5.75 Å². The SMILES string of the molecule is Cc1cc(C)cc(CSCC(=O)c2cc([N+](=O)[O-])c[nH]2)c1. The second kappa shape index (κ2) is 6.58. The van der Waals surface area contributed by atoms with Crippen LogP contribution >= 0.6 is 11.8 Å². The van der Waals surface area contributed by atoms with Crippen molar-refractivity contribution in [3.8, 4) is 0 Å². The minimum atomic E-state index is -0.518. The molecule has 0 saturated carbocycles. The Kier molecular flexibility index (Phi) is 4.80. The zero-order valence-corrected chi connectivity index (χ0v) is 12.7. The van der Waals surface area contributed by atoms with Gasteiger partial charge >= 0.3 is 0 Å². The average molecular weight is 304 g/mol. The minimum Gasteiger partial charge on any atom is -0.353 e. The van der Waals surface area contributed by atoms with E-state index in [0.717, 1.165) is 5.75 Å². The van der Waals surface area contributed by atoms with Gasteiger partial charge in [-0.2, -0.15) is 0 Å². The molecule has 110 valence electrons. The summed E-state index contributed by atoms with van der Waals surface area (Å²) in [5.41, 5.74) is 3.80. The number of Topliss-reactive ketones (excluding diaryl/α,β-unsaturated/α-hetero) is 1. The van der Waals surface area contributed by atoms with Crippen LogP contribution in [0.5, 0.6) is 0 Å². The Bertz CT molecular complexity index is 659. The van der Waals surface area contributed by atoms with Crippen LogP contribution in [0.25, 0.3) is 0 Å². The average Bonchev–Trinajstić information content (AvgIpc) is 2.87. The number of nitro groups is 1. The molecule has 0 saturated heterocycles. The van der Waals surface area contributed by atoms with E-state index in [9.17, 15) is 14.9 Å². The molecule has 0 fully saturated rings. The first kappa shape index (κ1) is 15.3. The smallest absolute Gasteiger partial charge is 0.287 e. The van der Waals surface area contributed by atoms with Crippen LogP contribution in [0.2, 0.25) is 0 Å². The molecule has 0 amide bonds. The van der Waals surface area contributed by atoms with Gasteiger partial charge in [0.25, 0.3) is 5.69 Å². The summed E-state index contributed by atoms with van der Waals surface area (Å²) in [6.07, 6.45) is 1.24. The van der Waals surface area contributed by atoms with Gasteiger partial charge < -0.3 is 4.98 Å². The van der Waals surface area contributed by atoms with Gasteiger partial charge in [0.1, 0.15) is 0 Å². The Morgan fingerprint density at radius 2 is 1.90 bits per heavy atom. The number of hydrogen-bond donors (Lipinski definition) is 1. The van der Waals surface area contributed by atoms with E-state index >= 15 is 0 Å². The lowest BCUT2D eigenvalue weighted by Gasteiger charge is -2.04. The highest BCUT2D eigenvalue weighted by Crippen LogP contribution is 2.18. The number of thioether (sulfide) groups is 1. The molecule has 1 N–H and O–H groups in total. The molecule has 2 rings (SSSR count). The molecule has 0 spiro atoms. The molecule has 0 atom stereocenters. The number of ketones is 1. The Balaban J connectivity index is 1.90. The third-order valence-electron chi connectivity index (χ3n) is 2.96. The lowest BCUT2D eigenvalue weighted by atomic mass is 10.1. The number of carbonyl (C=O) groups is 1. The predicted molar refractivity (Wildman–Crippen MR) is 83.9 cm³/mol. The van der Waals surface area contributed by atoms with E-state index in [4.69, 9.17) is 0 Å². The summed E-state index contributed by atoms with van der Waals surface area (Å²) < 4.78 is 0. The summed E-state index contributed by atoms with van der Waals surface area (Å²) in [7, 11) is 0. The van der Waals surface area contributed by atoms with Crippen LogP contribution in [0.4, 0.5) is 5.69 Å². The number of nitrogens with one attached hydrogen (secondary N) is 1. The van der Waals surface area contributed by atoms with E-state index in [1.54, 1.807) is 0 Å². The number of carbonyl (C=O) groups excluding carboxylic acids is 1. The Hall–Kier alpha value is -2.08. The molecule has 0 aliphatic rings. The van der Waals surface area contributed by atoms with E-state index in [0.29, 0.717) is 5.75 Å². The van der Waals surface area contributed by atoms with Gasteiger partial charge in [0.05, 0.1) is 22.6 Å². The highest BCUT2D eigenvalue weighted by Gasteiger charge is 2.14. The number of benzene rings is 1. The summed E-state index contributed by atoms with van der Waals surface area (Å²) in [5.74, 6) is 0.916. The normalized spacial score (nSPS) is 10.6. The third-order valence-corrected chi connectivity index (χ3v) is 3.97. The molecule has 1 heterocycles. The molecule has 0 radical (unpaired) electrons. The summed E-state index contributed by atoms with van der Waals surface area (Å²) in [4.78, 5) is 24.6. The fourth-order valence-corrected chi connectivity index (χ4v) is 2.99. The molecule has 5 nitrogen and oxygen atoms in total. The second-order valence-corrected chi connectivity index (χ2v) is 5.93. The maximum atomic E-state index is 11.9. The van der Waals surface area contributed by atoms with E-state index in [1.165, 1.54) is 40.7 Å². The molecule has 6 heteroatoms. The molecule has 0 unspecified atom stereocenters. The number of aromatic nitrogens is 1. The van der Waals surface area contributed by atoms with Crippen molar-refractivity contribution in [2.45, 2.75) is 19.6 Å². The first-order valence-corrected chi connectivity index (χ1v) is 7.62. The lowest BCUT2D eigenvalue weighted by molar-refractivity contribution is -0.384. The van der Waals surface area contributed by atoms with Crippen LogP contribution in [0.15, 0.2) is 30.5 Å². The molecule has 0 bridgehead atoms. The largest absolute Gasteiger partial charge is 0.353 e. The van der Waals surface area contributed by atoms with E-state index in [-0.39, 0.29) is 17.2 Å². The van der Waals surface area contributed by atoms with E-state index in [2.05, 4.69) is 23.2 Å². The topological polar surface area (TPSA) is 76.0 Å². The van der Waals surface area contributed by atoms with Crippen molar-refractivity contribution < 1.29 is 9.72 Å². The zero-order valence-electron chi connectivity index (χ0n) is 11.9. The van der Waals surface area contributed by atoms with Crippen molar-refractivity contribution in [1.82, 2.24) is 4.98 Å². The van der Waals surface area contributed by atoms with E-state index < -0.39 is 4.92 Å². The van der Waals surface area contributed by atoms with Gasteiger partial charge in [-0.1, -0.05) is 29.3 Å². The Morgan fingerprint density at radius 1 is 1.24 bits per heavy atom. The summed E-state index contributed by atoms with van der Waals surface area (Å²) >= 11 is 1.50. The van der Waals surface area contributed by atoms with Gasteiger partial charge in [-0.3, -0.25) is 14.9 Å². The molecular weight excluding hydrogens is 288 g/mol. The fraction of sp³-hybridized carbons (Fsp3) is 0.267. The van der Waals surface area contributed by atoms with Gasteiger partial charge in [0.15, 0.2) is 5.78 Å². The maximum absolute atomic E-state index is 11.9. The number of aryl methyl sites for hydroxylation is 2. The number of hydrogen-bond acceptors (Lipinski definition) is 4. The maximum Gasteiger partial charge on any atom is 0.287 e. The molecule has 0 aliphatic carbocycles. The highest BCUT2D eigenvalue weighted by molar-refractivity contribution is 7.99. The van der Waals surface area contributed by atoms with Crippen LogP contribution in [-0.4, -0.2) is 21.4 Å². The van der Waals surface area contributed by atoms with Crippen LogP contribution in [0.3, 0.4) is 0 Å². The number of aromatic amines is 1. The summed E-state index contributed by atoms with van der Waals surface area (Å²) in [6.45, 7) is 4.09. The third kappa shape index (κ3) is 4.19. The van der Waals surface area contributed by atoms with Crippen molar-refractivity contribution in [3.05, 3.63) is 63.0 Å². The molecule has 1 aromatic heterocycles. The van der Waals surface area contributed by atoms with Crippen molar-refractivity contribution >= 4 is 23.2 Å². The zero-order chi connectivity index (χ0) is 15.4. The predicted octanol–water partition coefficient (Wildman–Crippen LogP) is 3.66. The molecule has 1 aromatic carbocycles.